The molecule has 3 aromatic heterocycles. The van der Waals surface area contributed by atoms with Crippen LogP contribution in [0.4, 0.5) is 4.39 Å². The Labute approximate surface area is 247 Å². The molecule has 4 heterocycles. The molecule has 0 bridgehead atoms. The number of thiophene rings is 1. The number of hydrogen-bond acceptors (Lipinski definition) is 6. The van der Waals surface area contributed by atoms with Crippen LogP contribution in [0.25, 0.3) is 16.4 Å². The summed E-state index contributed by atoms with van der Waals surface area (Å²) in [6.07, 6.45) is 5.89. The third-order valence-electron chi connectivity index (χ3n) is 8.26. The van der Waals surface area contributed by atoms with Gasteiger partial charge in [-0.05, 0) is 85.2 Å². The summed E-state index contributed by atoms with van der Waals surface area (Å²) in [7, 11) is 0. The topological polar surface area (TPSA) is 97.6 Å². The molecule has 2 fully saturated rings. The fourth-order valence-corrected chi connectivity index (χ4v) is 6.79. The molecule has 0 spiro atoms. The van der Waals surface area contributed by atoms with Gasteiger partial charge in [-0.3, -0.25) is 4.79 Å². The van der Waals surface area contributed by atoms with Crippen molar-refractivity contribution in [2.45, 2.75) is 58.5 Å². The van der Waals surface area contributed by atoms with Crippen LogP contribution in [0.15, 0.2) is 48.0 Å². The van der Waals surface area contributed by atoms with Gasteiger partial charge in [0.05, 0.1) is 16.8 Å². The summed E-state index contributed by atoms with van der Waals surface area (Å²) in [5, 5.41) is 15.2. The van der Waals surface area contributed by atoms with Gasteiger partial charge >= 0.3 is 5.97 Å². The zero-order chi connectivity index (χ0) is 29.4. The van der Waals surface area contributed by atoms with Gasteiger partial charge in [0.15, 0.2) is 5.82 Å². The van der Waals surface area contributed by atoms with Crippen molar-refractivity contribution in [1.82, 2.24) is 19.7 Å². The summed E-state index contributed by atoms with van der Waals surface area (Å²) in [6.45, 7) is 6.18. The number of rotatable bonds is 9. The lowest BCUT2D eigenvalue weighted by Gasteiger charge is -2.32. The van der Waals surface area contributed by atoms with Gasteiger partial charge in [-0.25, -0.2) is 9.78 Å². The van der Waals surface area contributed by atoms with E-state index in [0.29, 0.717) is 24.1 Å². The van der Waals surface area contributed by atoms with Crippen molar-refractivity contribution in [1.29, 1.82) is 0 Å². The SMILES string of the molecule is CCc1csc(-c2cccc(-n3ncc(C(=O)O)c3F)n2)c1COc1ccc(C2CCN(C(=O)C3CC3)CC2)cc1C. The number of pyridine rings is 1. The molecular weight excluding hydrogens is 555 g/mol. The molecule has 1 aromatic carbocycles. The third-order valence-corrected chi connectivity index (χ3v) is 9.36. The molecule has 1 saturated heterocycles. The van der Waals surface area contributed by atoms with Crippen LogP contribution in [-0.4, -0.2) is 49.7 Å². The number of benzene rings is 1. The zero-order valence-electron chi connectivity index (χ0n) is 23.7. The van der Waals surface area contributed by atoms with Gasteiger partial charge < -0.3 is 14.7 Å². The summed E-state index contributed by atoms with van der Waals surface area (Å²) in [5.74, 6) is -0.257. The lowest BCUT2D eigenvalue weighted by molar-refractivity contribution is -0.133. The van der Waals surface area contributed by atoms with Crippen LogP contribution in [0.3, 0.4) is 0 Å². The largest absolute Gasteiger partial charge is 0.489 e. The summed E-state index contributed by atoms with van der Waals surface area (Å²) < 4.78 is 21.9. The summed E-state index contributed by atoms with van der Waals surface area (Å²) in [5.41, 5.74) is 4.68. The van der Waals surface area contributed by atoms with Crippen molar-refractivity contribution in [2.75, 3.05) is 13.1 Å². The van der Waals surface area contributed by atoms with E-state index in [-0.39, 0.29) is 11.7 Å². The van der Waals surface area contributed by atoms with Crippen LogP contribution >= 0.6 is 11.3 Å². The van der Waals surface area contributed by atoms with E-state index in [1.54, 1.807) is 23.5 Å². The van der Waals surface area contributed by atoms with Gasteiger partial charge in [0.2, 0.25) is 11.9 Å². The van der Waals surface area contributed by atoms with E-state index >= 15 is 0 Å². The fraction of sp³-hybridized carbons (Fsp3) is 0.375. The number of piperidine rings is 1. The van der Waals surface area contributed by atoms with Crippen LogP contribution in [0.2, 0.25) is 0 Å². The minimum absolute atomic E-state index is 0.199. The van der Waals surface area contributed by atoms with Crippen LogP contribution < -0.4 is 4.74 Å². The standard InChI is InChI=1S/C32H33FN4O4S/c1-3-20-18-42-29(26-5-4-6-28(35-26)37-30(33)24(16-34-37)32(39)40)25(20)17-41-27-10-9-23(15-19(27)2)21-11-13-36(14-12-21)31(38)22-7-8-22/h4-6,9-10,15-16,18,21-22H,3,7-8,11-14,17H2,1-2H3,(H,39,40). The number of carboxylic acids is 1. The number of amides is 1. The highest BCUT2D eigenvalue weighted by Crippen LogP contribution is 2.37. The number of nitrogens with zero attached hydrogens (tertiary/aromatic N) is 4. The van der Waals surface area contributed by atoms with E-state index in [4.69, 9.17) is 4.74 Å². The minimum Gasteiger partial charge on any atom is -0.489 e. The molecule has 6 rings (SSSR count). The summed E-state index contributed by atoms with van der Waals surface area (Å²) in [6, 6.07) is 11.6. The first-order chi connectivity index (χ1) is 20.3. The average Bonchev–Trinajstić information content (AvgIpc) is 3.66. The second-order valence-corrected chi connectivity index (χ2v) is 11.9. The molecule has 0 radical (unpaired) electrons. The number of halogens is 1. The number of carbonyl (C=O) groups is 2. The predicted molar refractivity (Wildman–Crippen MR) is 158 cm³/mol. The van der Waals surface area contributed by atoms with Gasteiger partial charge in [-0.1, -0.05) is 25.1 Å². The predicted octanol–water partition coefficient (Wildman–Crippen LogP) is 6.40. The second-order valence-electron chi connectivity index (χ2n) is 11.1. The Morgan fingerprint density at radius 1 is 1.14 bits per heavy atom. The Kier molecular flexibility index (Phi) is 7.81. The van der Waals surface area contributed by atoms with Crippen molar-refractivity contribution in [3.8, 4) is 22.1 Å². The molecule has 1 saturated carbocycles. The van der Waals surface area contributed by atoms with Crippen molar-refractivity contribution < 1.29 is 23.8 Å². The zero-order valence-corrected chi connectivity index (χ0v) is 24.5. The quantitative estimate of drug-likeness (QED) is 0.243. The number of aromatic nitrogens is 3. The van der Waals surface area contributed by atoms with Crippen LogP contribution in [-0.2, 0) is 17.8 Å². The summed E-state index contributed by atoms with van der Waals surface area (Å²) in [4.78, 5) is 31.3. The third kappa shape index (κ3) is 5.55. The number of aryl methyl sites for hydroxylation is 2. The first-order valence-electron chi connectivity index (χ1n) is 14.4. The highest BCUT2D eigenvalue weighted by atomic mass is 32.1. The minimum atomic E-state index is -1.38. The second kappa shape index (κ2) is 11.7. The number of ether oxygens (including phenoxy) is 1. The maximum atomic E-state index is 14.7. The fourth-order valence-electron chi connectivity index (χ4n) is 5.65. The summed E-state index contributed by atoms with van der Waals surface area (Å²) >= 11 is 1.55. The van der Waals surface area contributed by atoms with E-state index in [2.05, 4.69) is 41.4 Å². The van der Waals surface area contributed by atoms with Gasteiger partial charge in [0.1, 0.15) is 17.9 Å². The van der Waals surface area contributed by atoms with E-state index < -0.39 is 17.5 Å². The van der Waals surface area contributed by atoms with E-state index in [1.807, 2.05) is 17.0 Å². The van der Waals surface area contributed by atoms with Crippen LogP contribution in [0.5, 0.6) is 5.75 Å². The Bertz CT molecular complexity index is 1640. The number of likely N-dealkylation sites (tertiary alicyclic amines) is 1. The molecular formula is C32H33FN4O4S. The molecule has 42 heavy (non-hydrogen) atoms. The lowest BCUT2D eigenvalue weighted by Crippen LogP contribution is -2.38. The highest BCUT2D eigenvalue weighted by molar-refractivity contribution is 7.13. The highest BCUT2D eigenvalue weighted by Gasteiger charge is 2.35. The molecule has 1 aliphatic heterocycles. The number of carbonyl (C=O) groups excluding carboxylic acids is 1. The Balaban J connectivity index is 1.17. The van der Waals surface area contributed by atoms with Gasteiger partial charge in [0, 0.05) is 24.6 Å². The molecule has 1 aliphatic carbocycles. The molecule has 0 atom stereocenters. The maximum Gasteiger partial charge on any atom is 0.342 e. The maximum absolute atomic E-state index is 14.7. The van der Waals surface area contributed by atoms with Crippen LogP contribution in [0, 0.1) is 18.8 Å². The lowest BCUT2D eigenvalue weighted by atomic mass is 9.88. The van der Waals surface area contributed by atoms with E-state index in [9.17, 15) is 19.1 Å². The van der Waals surface area contributed by atoms with Gasteiger partial charge in [-0.2, -0.15) is 14.2 Å². The van der Waals surface area contributed by atoms with Gasteiger partial charge in [0.25, 0.3) is 0 Å². The molecule has 8 nitrogen and oxygen atoms in total. The van der Waals surface area contributed by atoms with Crippen molar-refractivity contribution in [3.63, 3.8) is 0 Å². The Morgan fingerprint density at radius 3 is 2.60 bits per heavy atom. The monoisotopic (exact) mass is 588 g/mol. The van der Waals surface area contributed by atoms with E-state index in [0.717, 1.165) is 83.4 Å². The number of carboxylic acid groups (broad SMARTS) is 1. The molecule has 2 aliphatic rings. The Hall–Kier alpha value is -4.05. The molecule has 0 unspecified atom stereocenters. The molecule has 1 N–H and O–H groups in total. The normalized spacial score (nSPS) is 15.6. The molecule has 218 valence electrons. The molecule has 10 heteroatoms. The first-order valence-corrected chi connectivity index (χ1v) is 15.3. The van der Waals surface area contributed by atoms with E-state index in [1.165, 1.54) is 5.56 Å². The molecule has 4 aromatic rings. The number of hydrogen-bond donors (Lipinski definition) is 1. The Morgan fingerprint density at radius 2 is 1.93 bits per heavy atom. The van der Waals surface area contributed by atoms with Crippen molar-refractivity contribution in [2.24, 2.45) is 5.92 Å². The average molecular weight is 589 g/mol. The van der Waals surface area contributed by atoms with Gasteiger partial charge in [-0.15, -0.1) is 11.3 Å². The first kappa shape index (κ1) is 28.1. The van der Waals surface area contributed by atoms with Crippen molar-refractivity contribution >= 4 is 23.2 Å². The van der Waals surface area contributed by atoms with Crippen molar-refractivity contribution in [3.05, 3.63) is 81.7 Å². The smallest absolute Gasteiger partial charge is 0.342 e. The molecule has 1 amide bonds. The number of aromatic carboxylic acids is 1. The van der Waals surface area contributed by atoms with Crippen LogP contribution in [0.1, 0.15) is 71.1 Å².